The van der Waals surface area contributed by atoms with Gasteiger partial charge in [-0.05, 0) is 49.4 Å². The molecule has 1 heterocycles. The van der Waals surface area contributed by atoms with E-state index in [2.05, 4.69) is 10.3 Å². The zero-order valence-electron chi connectivity index (χ0n) is 17.3. The molecule has 0 aliphatic carbocycles. The minimum atomic E-state index is -0.718. The molecule has 4 aromatic rings. The molecule has 1 aromatic heterocycles. The molecule has 0 spiro atoms. The summed E-state index contributed by atoms with van der Waals surface area (Å²) in [6.07, 6.45) is 0. The summed E-state index contributed by atoms with van der Waals surface area (Å²) in [4.78, 5) is 27.2. The number of carbonyl (C=O) groups excluding carboxylic acids is 2. The summed E-state index contributed by atoms with van der Waals surface area (Å²) in [6.45, 7) is 1.37. The van der Waals surface area contributed by atoms with Crippen LogP contribution in [-0.2, 0) is 6.54 Å². The van der Waals surface area contributed by atoms with Crippen molar-refractivity contribution >= 4 is 51.5 Å². The molecule has 3 aromatic carbocycles. The van der Waals surface area contributed by atoms with Crippen molar-refractivity contribution in [3.63, 3.8) is 0 Å². The summed E-state index contributed by atoms with van der Waals surface area (Å²) in [5.41, 5.74) is 7.81. The molecule has 4 rings (SSSR count). The van der Waals surface area contributed by atoms with Crippen molar-refractivity contribution in [2.45, 2.75) is 13.5 Å². The van der Waals surface area contributed by atoms with E-state index < -0.39 is 11.7 Å². The number of hydrogen-bond acceptors (Lipinski definition) is 4. The Morgan fingerprint density at radius 1 is 1.09 bits per heavy atom. The molecule has 33 heavy (non-hydrogen) atoms. The highest BCUT2D eigenvalue weighted by molar-refractivity contribution is 6.32. The molecule has 9 heteroatoms. The van der Waals surface area contributed by atoms with Crippen molar-refractivity contribution in [2.24, 2.45) is 0 Å². The van der Waals surface area contributed by atoms with Crippen LogP contribution >= 0.6 is 23.2 Å². The Kier molecular flexibility index (Phi) is 6.26. The van der Waals surface area contributed by atoms with Gasteiger partial charge in [0.1, 0.15) is 11.4 Å². The fourth-order valence-electron chi connectivity index (χ4n) is 3.31. The van der Waals surface area contributed by atoms with Crippen LogP contribution in [-0.4, -0.2) is 16.7 Å². The largest absolute Gasteiger partial charge is 0.453 e. The molecule has 1 amide bonds. The first kappa shape index (κ1) is 22.6. The van der Waals surface area contributed by atoms with E-state index in [0.717, 1.165) is 5.39 Å². The maximum Gasteiger partial charge on any atom is 0.267 e. The molecule has 0 bridgehead atoms. The molecular weight excluding hydrogens is 468 g/mol. The summed E-state index contributed by atoms with van der Waals surface area (Å²) in [5, 5.41) is 3.78. The zero-order valence-corrected chi connectivity index (χ0v) is 18.9. The Bertz CT molecular complexity index is 1380. The number of nitrogen functional groups attached to an aromatic ring is 1. The lowest BCUT2D eigenvalue weighted by atomic mass is 10.1. The third kappa shape index (κ3) is 4.94. The SMILES string of the molecule is CC(=O)c1ccc2[nH]c(C(=O)NCc3ccc(Cl)c(Oc4cc(N)cc(Cl)c4)c3F)cc2c1. The van der Waals surface area contributed by atoms with E-state index in [0.29, 0.717) is 21.8 Å². The quantitative estimate of drug-likeness (QED) is 0.226. The number of amides is 1. The van der Waals surface area contributed by atoms with Gasteiger partial charge in [0.25, 0.3) is 5.91 Å². The highest BCUT2D eigenvalue weighted by Crippen LogP contribution is 2.35. The van der Waals surface area contributed by atoms with Crippen LogP contribution in [0.5, 0.6) is 11.5 Å². The van der Waals surface area contributed by atoms with Gasteiger partial charge in [-0.25, -0.2) is 4.39 Å². The van der Waals surface area contributed by atoms with Crippen LogP contribution in [0, 0.1) is 5.82 Å². The van der Waals surface area contributed by atoms with Crippen LogP contribution in [0.1, 0.15) is 33.3 Å². The molecule has 4 N–H and O–H groups in total. The third-order valence-corrected chi connectivity index (χ3v) is 5.47. The number of ketones is 1. The number of halogens is 3. The number of anilines is 1. The van der Waals surface area contributed by atoms with Gasteiger partial charge in [-0.3, -0.25) is 9.59 Å². The van der Waals surface area contributed by atoms with Crippen molar-refractivity contribution in [3.05, 3.63) is 87.3 Å². The summed E-state index contributed by atoms with van der Waals surface area (Å²) in [7, 11) is 0. The van der Waals surface area contributed by atoms with Gasteiger partial charge in [0, 0.05) is 45.4 Å². The number of ether oxygens (including phenoxy) is 1. The number of carbonyl (C=O) groups is 2. The Labute approximate surface area is 198 Å². The number of nitrogens with two attached hydrogens (primary N) is 1. The number of hydrogen-bond donors (Lipinski definition) is 3. The Balaban J connectivity index is 1.52. The van der Waals surface area contributed by atoms with E-state index in [-0.39, 0.29) is 40.1 Å². The monoisotopic (exact) mass is 485 g/mol. The van der Waals surface area contributed by atoms with Crippen LogP contribution in [0.2, 0.25) is 10.0 Å². The normalized spacial score (nSPS) is 10.9. The third-order valence-electron chi connectivity index (χ3n) is 4.95. The van der Waals surface area contributed by atoms with Gasteiger partial charge in [-0.15, -0.1) is 0 Å². The lowest BCUT2D eigenvalue weighted by Crippen LogP contribution is -2.23. The number of aromatic amines is 1. The number of benzene rings is 3. The molecule has 0 atom stereocenters. The first-order chi connectivity index (χ1) is 15.7. The zero-order chi connectivity index (χ0) is 23.7. The van der Waals surface area contributed by atoms with Crippen LogP contribution in [0.15, 0.2) is 54.6 Å². The van der Waals surface area contributed by atoms with Crippen molar-refractivity contribution in [3.8, 4) is 11.5 Å². The molecule has 0 saturated carbocycles. The summed E-state index contributed by atoms with van der Waals surface area (Å²) >= 11 is 12.1. The lowest BCUT2D eigenvalue weighted by Gasteiger charge is -2.13. The second-order valence-electron chi connectivity index (χ2n) is 7.40. The fourth-order valence-corrected chi connectivity index (χ4v) is 3.73. The molecule has 0 radical (unpaired) electrons. The number of rotatable bonds is 6. The first-order valence-electron chi connectivity index (χ1n) is 9.84. The van der Waals surface area contributed by atoms with Crippen molar-refractivity contribution in [2.75, 3.05) is 5.73 Å². The highest BCUT2D eigenvalue weighted by atomic mass is 35.5. The van der Waals surface area contributed by atoms with Gasteiger partial charge in [0.2, 0.25) is 0 Å². The lowest BCUT2D eigenvalue weighted by molar-refractivity contribution is 0.0945. The van der Waals surface area contributed by atoms with Crippen molar-refractivity contribution in [1.29, 1.82) is 0 Å². The van der Waals surface area contributed by atoms with E-state index >= 15 is 4.39 Å². The molecule has 0 unspecified atom stereocenters. The predicted molar refractivity (Wildman–Crippen MR) is 127 cm³/mol. The van der Waals surface area contributed by atoms with E-state index in [9.17, 15) is 9.59 Å². The Morgan fingerprint density at radius 3 is 2.61 bits per heavy atom. The van der Waals surface area contributed by atoms with Crippen molar-refractivity contribution in [1.82, 2.24) is 10.3 Å². The van der Waals surface area contributed by atoms with E-state index in [1.165, 1.54) is 37.3 Å². The molecular formula is C24H18Cl2FN3O3. The van der Waals surface area contributed by atoms with Gasteiger partial charge in [0.15, 0.2) is 17.3 Å². The Hall–Kier alpha value is -3.55. The summed E-state index contributed by atoms with van der Waals surface area (Å²) in [6, 6.07) is 14.2. The van der Waals surface area contributed by atoms with Crippen LogP contribution in [0.4, 0.5) is 10.1 Å². The molecule has 0 aliphatic rings. The number of Topliss-reactive ketones (excluding diaryl/α,β-unsaturated/α-hetero) is 1. The second kappa shape index (κ2) is 9.13. The van der Waals surface area contributed by atoms with E-state index in [1.807, 2.05) is 0 Å². The van der Waals surface area contributed by atoms with Crippen LogP contribution in [0.25, 0.3) is 10.9 Å². The summed E-state index contributed by atoms with van der Waals surface area (Å²) < 4.78 is 20.7. The topological polar surface area (TPSA) is 97.2 Å². The summed E-state index contributed by atoms with van der Waals surface area (Å²) in [5.74, 6) is -1.20. The van der Waals surface area contributed by atoms with Crippen LogP contribution < -0.4 is 15.8 Å². The van der Waals surface area contributed by atoms with Gasteiger partial charge in [-0.2, -0.15) is 0 Å². The minimum absolute atomic E-state index is 0.0537. The van der Waals surface area contributed by atoms with Gasteiger partial charge in [0.05, 0.1) is 5.02 Å². The molecule has 0 saturated heterocycles. The number of aromatic nitrogens is 1. The van der Waals surface area contributed by atoms with Gasteiger partial charge >= 0.3 is 0 Å². The predicted octanol–water partition coefficient (Wildman–Crippen LogP) is 6.12. The van der Waals surface area contributed by atoms with E-state index in [4.69, 9.17) is 33.7 Å². The fraction of sp³-hybridized carbons (Fsp3) is 0.0833. The maximum atomic E-state index is 15.1. The molecule has 0 fully saturated rings. The standard InChI is InChI=1S/C24H18Cl2FN3O3/c1-12(31)13-3-5-20-15(6-13)7-21(30-20)24(32)29-11-14-2-4-19(26)23(22(14)27)33-18-9-16(25)8-17(28)10-18/h2-10,30H,11,28H2,1H3,(H,29,32). The second-order valence-corrected chi connectivity index (χ2v) is 8.24. The minimum Gasteiger partial charge on any atom is -0.453 e. The first-order valence-corrected chi connectivity index (χ1v) is 10.6. The highest BCUT2D eigenvalue weighted by Gasteiger charge is 2.17. The number of nitrogens with one attached hydrogen (secondary N) is 2. The Morgan fingerprint density at radius 2 is 1.88 bits per heavy atom. The maximum absolute atomic E-state index is 15.1. The smallest absolute Gasteiger partial charge is 0.267 e. The average Bonchev–Trinajstić information content (AvgIpc) is 3.19. The molecule has 168 valence electrons. The van der Waals surface area contributed by atoms with Crippen LogP contribution in [0.3, 0.4) is 0 Å². The molecule has 6 nitrogen and oxygen atoms in total. The van der Waals surface area contributed by atoms with Crippen molar-refractivity contribution < 1.29 is 18.7 Å². The number of H-pyrrole nitrogens is 1. The average molecular weight is 486 g/mol. The van der Waals surface area contributed by atoms with Gasteiger partial charge < -0.3 is 20.8 Å². The van der Waals surface area contributed by atoms with E-state index in [1.54, 1.807) is 24.3 Å². The molecule has 0 aliphatic heterocycles. The number of fused-ring (bicyclic) bond motifs is 1. The van der Waals surface area contributed by atoms with Gasteiger partial charge in [-0.1, -0.05) is 29.3 Å².